The highest BCUT2D eigenvalue weighted by molar-refractivity contribution is 9.10. The molecule has 0 fully saturated rings. The van der Waals surface area contributed by atoms with Crippen molar-refractivity contribution in [3.05, 3.63) is 74.7 Å². The van der Waals surface area contributed by atoms with E-state index in [0.717, 1.165) is 22.1 Å². The number of hydrogen-bond acceptors (Lipinski definition) is 2. The Balaban J connectivity index is 1.88. The van der Waals surface area contributed by atoms with Crippen molar-refractivity contribution >= 4 is 39.2 Å². The summed E-state index contributed by atoms with van der Waals surface area (Å²) in [7, 11) is 0. The maximum absolute atomic E-state index is 11.7. The Morgan fingerprint density at radius 2 is 2.12 bits per heavy atom. The van der Waals surface area contributed by atoms with Crippen molar-refractivity contribution in [2.24, 2.45) is 5.92 Å². The Morgan fingerprint density at radius 1 is 1.29 bits per heavy atom. The van der Waals surface area contributed by atoms with Crippen molar-refractivity contribution < 1.29 is 9.90 Å². The Kier molecular flexibility index (Phi) is 3.89. The fourth-order valence-corrected chi connectivity index (χ4v) is 4.53. The van der Waals surface area contributed by atoms with E-state index in [2.05, 4.69) is 45.5 Å². The Hall–Kier alpha value is -1.78. The molecule has 2 aliphatic rings. The number of hydrogen-bond donors (Lipinski definition) is 2. The van der Waals surface area contributed by atoms with Gasteiger partial charge in [0.1, 0.15) is 0 Å². The minimum absolute atomic E-state index is 0.0648. The van der Waals surface area contributed by atoms with Crippen LogP contribution in [0, 0.1) is 5.92 Å². The van der Waals surface area contributed by atoms with Crippen molar-refractivity contribution in [2.45, 2.75) is 18.4 Å². The highest BCUT2D eigenvalue weighted by atomic mass is 79.9. The van der Waals surface area contributed by atoms with Gasteiger partial charge in [-0.15, -0.1) is 0 Å². The molecule has 0 bridgehead atoms. The molecule has 0 aromatic heterocycles. The van der Waals surface area contributed by atoms with Crippen LogP contribution in [-0.2, 0) is 0 Å². The molecule has 2 aromatic carbocycles. The third-order valence-electron chi connectivity index (χ3n) is 4.91. The van der Waals surface area contributed by atoms with Gasteiger partial charge in [-0.3, -0.25) is 0 Å². The fourth-order valence-electron chi connectivity index (χ4n) is 3.89. The van der Waals surface area contributed by atoms with Crippen molar-refractivity contribution in [3.8, 4) is 0 Å². The van der Waals surface area contributed by atoms with Gasteiger partial charge in [-0.1, -0.05) is 51.8 Å². The van der Waals surface area contributed by atoms with Gasteiger partial charge in [-0.05, 0) is 47.7 Å². The second-order valence-electron chi connectivity index (χ2n) is 6.22. The second kappa shape index (κ2) is 5.94. The summed E-state index contributed by atoms with van der Waals surface area (Å²) >= 11 is 9.94. The predicted molar refractivity (Wildman–Crippen MR) is 98.9 cm³/mol. The monoisotopic (exact) mass is 403 g/mol. The lowest BCUT2D eigenvalue weighted by molar-refractivity contribution is 0.0695. The number of benzene rings is 2. The molecule has 0 saturated carbocycles. The number of halogens is 2. The van der Waals surface area contributed by atoms with Crippen LogP contribution >= 0.6 is 27.5 Å². The maximum atomic E-state index is 11.7. The molecule has 0 amide bonds. The van der Waals surface area contributed by atoms with Gasteiger partial charge >= 0.3 is 5.97 Å². The molecule has 122 valence electrons. The SMILES string of the molecule is O=C(O)c1ccc(Cl)c2c1[C@@H]1C=CC[C@H]1[C@@H](c1cccc(Br)c1)N2. The zero-order valence-electron chi connectivity index (χ0n) is 12.7. The van der Waals surface area contributed by atoms with E-state index in [1.165, 1.54) is 5.56 Å². The molecule has 0 unspecified atom stereocenters. The topological polar surface area (TPSA) is 49.3 Å². The van der Waals surface area contributed by atoms with Crippen LogP contribution in [0.5, 0.6) is 0 Å². The summed E-state index contributed by atoms with van der Waals surface area (Å²) in [6.07, 6.45) is 5.18. The van der Waals surface area contributed by atoms with Crippen LogP contribution in [0.1, 0.15) is 39.9 Å². The maximum Gasteiger partial charge on any atom is 0.336 e. The Morgan fingerprint density at radius 3 is 2.88 bits per heavy atom. The molecule has 4 rings (SSSR count). The quantitative estimate of drug-likeness (QED) is 0.638. The molecule has 1 aliphatic carbocycles. The van der Waals surface area contributed by atoms with E-state index in [1.54, 1.807) is 12.1 Å². The van der Waals surface area contributed by atoms with Gasteiger partial charge in [0.05, 0.1) is 22.3 Å². The van der Waals surface area contributed by atoms with E-state index in [9.17, 15) is 9.90 Å². The first-order valence-corrected chi connectivity index (χ1v) is 8.97. The minimum Gasteiger partial charge on any atom is -0.478 e. The van der Waals surface area contributed by atoms with Crippen LogP contribution < -0.4 is 5.32 Å². The first-order chi connectivity index (χ1) is 11.6. The summed E-state index contributed by atoms with van der Waals surface area (Å²) in [6, 6.07) is 11.6. The molecule has 3 nitrogen and oxygen atoms in total. The average Bonchev–Trinajstić information content (AvgIpc) is 3.04. The van der Waals surface area contributed by atoms with Crippen LogP contribution in [0.15, 0.2) is 53.0 Å². The first-order valence-electron chi connectivity index (χ1n) is 7.80. The summed E-state index contributed by atoms with van der Waals surface area (Å²) in [5.74, 6) is -0.567. The van der Waals surface area contributed by atoms with Crippen LogP contribution in [-0.4, -0.2) is 11.1 Å². The number of carboxylic acid groups (broad SMARTS) is 1. The third kappa shape index (κ3) is 2.45. The van der Waals surface area contributed by atoms with Crippen LogP contribution in [0.4, 0.5) is 5.69 Å². The van der Waals surface area contributed by atoms with Gasteiger partial charge in [0.15, 0.2) is 0 Å². The third-order valence-corrected chi connectivity index (χ3v) is 5.72. The van der Waals surface area contributed by atoms with E-state index < -0.39 is 5.97 Å². The standard InChI is InChI=1S/C19H15BrClNO2/c20-11-4-1-3-10(9-11)17-13-6-2-5-12(13)16-14(19(23)24)7-8-15(21)18(16)22-17/h1-5,7-9,12-13,17,22H,6H2,(H,23,24)/t12-,13-,17-/m1/s1. The van der Waals surface area contributed by atoms with Crippen LogP contribution in [0.3, 0.4) is 0 Å². The van der Waals surface area contributed by atoms with Crippen LogP contribution in [0.25, 0.3) is 0 Å². The summed E-state index contributed by atoms with van der Waals surface area (Å²) in [5, 5.41) is 13.7. The normalized spacial score (nSPS) is 24.2. The molecule has 2 N–H and O–H groups in total. The van der Waals surface area contributed by atoms with Crippen molar-refractivity contribution in [2.75, 3.05) is 5.32 Å². The number of carbonyl (C=O) groups is 1. The van der Waals surface area contributed by atoms with Gasteiger partial charge in [-0.2, -0.15) is 0 Å². The predicted octanol–water partition coefficient (Wildman–Crippen LogP) is 5.63. The van der Waals surface area contributed by atoms with Gasteiger partial charge in [0.2, 0.25) is 0 Å². The lowest BCUT2D eigenvalue weighted by Crippen LogP contribution is -2.30. The van der Waals surface area contributed by atoms with E-state index in [-0.39, 0.29) is 17.9 Å². The van der Waals surface area contributed by atoms with Crippen molar-refractivity contribution in [1.82, 2.24) is 0 Å². The number of allylic oxidation sites excluding steroid dienone is 2. The number of aromatic carboxylic acids is 1. The number of nitrogens with one attached hydrogen (secondary N) is 1. The molecule has 0 spiro atoms. The van der Waals surface area contributed by atoms with Gasteiger partial charge < -0.3 is 10.4 Å². The summed E-state index contributed by atoms with van der Waals surface area (Å²) < 4.78 is 1.03. The van der Waals surface area contributed by atoms with Gasteiger partial charge in [0.25, 0.3) is 0 Å². The number of anilines is 1. The molecule has 1 aliphatic heterocycles. The summed E-state index contributed by atoms with van der Waals surface area (Å²) in [6.45, 7) is 0. The largest absolute Gasteiger partial charge is 0.478 e. The van der Waals surface area contributed by atoms with E-state index in [0.29, 0.717) is 10.6 Å². The molecule has 3 atom stereocenters. The number of rotatable bonds is 2. The molecule has 1 heterocycles. The van der Waals surface area contributed by atoms with Crippen LogP contribution in [0.2, 0.25) is 5.02 Å². The minimum atomic E-state index is -0.912. The molecular weight excluding hydrogens is 390 g/mol. The molecule has 24 heavy (non-hydrogen) atoms. The number of carboxylic acids is 1. The lowest BCUT2D eigenvalue weighted by Gasteiger charge is -2.38. The molecule has 2 aromatic rings. The van der Waals surface area contributed by atoms with Crippen molar-refractivity contribution in [3.63, 3.8) is 0 Å². The summed E-state index contributed by atoms with van der Waals surface area (Å²) in [5.41, 5.74) is 3.05. The summed E-state index contributed by atoms with van der Waals surface area (Å²) in [4.78, 5) is 11.7. The van der Waals surface area contributed by atoms with Crippen molar-refractivity contribution in [1.29, 1.82) is 0 Å². The highest BCUT2D eigenvalue weighted by Gasteiger charge is 2.40. The van der Waals surface area contributed by atoms with Gasteiger partial charge in [-0.25, -0.2) is 4.79 Å². The molecule has 5 heteroatoms. The molecular formula is C19H15BrClNO2. The Bertz CT molecular complexity index is 864. The molecule has 0 saturated heterocycles. The highest BCUT2D eigenvalue weighted by Crippen LogP contribution is 2.52. The first kappa shape index (κ1) is 15.7. The zero-order valence-corrected chi connectivity index (χ0v) is 15.0. The van der Waals surface area contributed by atoms with E-state index in [1.807, 2.05) is 12.1 Å². The van der Waals surface area contributed by atoms with E-state index >= 15 is 0 Å². The number of fused-ring (bicyclic) bond motifs is 3. The fraction of sp³-hybridized carbons (Fsp3) is 0.211. The zero-order chi connectivity index (χ0) is 16.8. The smallest absolute Gasteiger partial charge is 0.336 e. The second-order valence-corrected chi connectivity index (χ2v) is 7.54. The van der Waals surface area contributed by atoms with E-state index in [4.69, 9.17) is 11.6 Å². The van der Waals surface area contributed by atoms with Gasteiger partial charge in [0, 0.05) is 10.4 Å². The average molecular weight is 405 g/mol. The molecule has 0 radical (unpaired) electrons. The lowest BCUT2D eigenvalue weighted by atomic mass is 9.75. The Labute approximate surface area is 153 Å².